The highest BCUT2D eigenvalue weighted by Crippen LogP contribution is 2.22. The minimum atomic E-state index is 0.130. The number of rotatable bonds is 5. The van der Waals surface area contributed by atoms with Crippen molar-refractivity contribution in [3.63, 3.8) is 0 Å². The molecule has 1 aliphatic rings. The van der Waals surface area contributed by atoms with Gasteiger partial charge in [-0.05, 0) is 44.7 Å². The number of hydrogen-bond donors (Lipinski definition) is 2. The van der Waals surface area contributed by atoms with Gasteiger partial charge in [0.05, 0.1) is 5.56 Å². The number of H-pyrrole nitrogens is 1. The average molecular weight is 288 g/mol. The molecular formula is C16H24N4O. The molecule has 0 radical (unpaired) electrons. The number of piperidine rings is 1. The summed E-state index contributed by atoms with van der Waals surface area (Å²) in [5, 5.41) is 11.7. The number of nitriles is 1. The highest BCUT2D eigenvalue weighted by molar-refractivity contribution is 5.75. The number of aromatic amines is 1. The Morgan fingerprint density at radius 1 is 1.62 bits per heavy atom. The Kier molecular flexibility index (Phi) is 5.40. The predicted octanol–water partition coefficient (Wildman–Crippen LogP) is 1.93. The van der Waals surface area contributed by atoms with Crippen LogP contribution in [0.5, 0.6) is 0 Å². The number of hydrogen-bond acceptors (Lipinski definition) is 3. The lowest BCUT2D eigenvalue weighted by Gasteiger charge is -2.32. The van der Waals surface area contributed by atoms with Crippen LogP contribution in [0.3, 0.4) is 0 Å². The Hall–Kier alpha value is -1.80. The number of aryl methyl sites for hydroxylation is 1. The first kappa shape index (κ1) is 15.6. The Labute approximate surface area is 126 Å². The van der Waals surface area contributed by atoms with E-state index >= 15 is 0 Å². The summed E-state index contributed by atoms with van der Waals surface area (Å²) in [5.41, 5.74) is 2.79. The zero-order valence-corrected chi connectivity index (χ0v) is 12.9. The fourth-order valence-corrected chi connectivity index (χ4v) is 3.06. The number of nitrogens with one attached hydrogen (secondary N) is 2. The van der Waals surface area contributed by atoms with Crippen LogP contribution in [-0.4, -0.2) is 35.9 Å². The topological polar surface area (TPSA) is 71.9 Å². The van der Waals surface area contributed by atoms with Crippen molar-refractivity contribution in [2.45, 2.75) is 39.2 Å². The number of likely N-dealkylation sites (tertiary alicyclic amines) is 1. The fraction of sp³-hybridized carbons (Fsp3) is 0.625. The van der Waals surface area contributed by atoms with Gasteiger partial charge in [-0.1, -0.05) is 0 Å². The van der Waals surface area contributed by atoms with Gasteiger partial charge in [0.15, 0.2) is 0 Å². The van der Waals surface area contributed by atoms with Crippen LogP contribution < -0.4 is 5.32 Å². The van der Waals surface area contributed by atoms with Gasteiger partial charge in [-0.3, -0.25) is 9.69 Å². The molecule has 5 nitrogen and oxygen atoms in total. The van der Waals surface area contributed by atoms with Crippen molar-refractivity contribution >= 4 is 5.91 Å². The van der Waals surface area contributed by atoms with E-state index in [0.717, 1.165) is 43.0 Å². The van der Waals surface area contributed by atoms with Gasteiger partial charge in [-0.2, -0.15) is 5.26 Å². The third-order valence-electron chi connectivity index (χ3n) is 4.25. The van der Waals surface area contributed by atoms with Crippen LogP contribution >= 0.6 is 0 Å². The Morgan fingerprint density at radius 2 is 2.43 bits per heavy atom. The number of amides is 1. The van der Waals surface area contributed by atoms with E-state index in [9.17, 15) is 4.79 Å². The summed E-state index contributed by atoms with van der Waals surface area (Å²) in [4.78, 5) is 17.0. The van der Waals surface area contributed by atoms with Gasteiger partial charge in [-0.25, -0.2) is 0 Å². The van der Waals surface area contributed by atoms with E-state index in [2.05, 4.69) is 21.3 Å². The number of aromatic nitrogens is 1. The first-order valence-electron chi connectivity index (χ1n) is 7.64. The van der Waals surface area contributed by atoms with E-state index in [-0.39, 0.29) is 5.91 Å². The maximum atomic E-state index is 11.3. The van der Waals surface area contributed by atoms with E-state index in [1.807, 2.05) is 13.0 Å². The highest BCUT2D eigenvalue weighted by Gasteiger charge is 2.21. The second-order valence-electron chi connectivity index (χ2n) is 5.90. The zero-order valence-electron chi connectivity index (χ0n) is 12.9. The molecule has 2 rings (SSSR count). The van der Waals surface area contributed by atoms with Crippen molar-refractivity contribution in [3.05, 3.63) is 23.0 Å². The Bertz CT molecular complexity index is 529. The molecule has 1 aromatic heterocycles. The van der Waals surface area contributed by atoms with Gasteiger partial charge in [0.1, 0.15) is 6.07 Å². The second kappa shape index (κ2) is 7.28. The van der Waals surface area contributed by atoms with Gasteiger partial charge < -0.3 is 10.3 Å². The summed E-state index contributed by atoms with van der Waals surface area (Å²) >= 11 is 0. The summed E-state index contributed by atoms with van der Waals surface area (Å²) < 4.78 is 0. The molecule has 1 aromatic rings. The minimum Gasteiger partial charge on any atom is -0.360 e. The summed E-state index contributed by atoms with van der Waals surface area (Å²) in [5.74, 6) is 0.730. The van der Waals surface area contributed by atoms with Crippen molar-refractivity contribution in [2.24, 2.45) is 5.92 Å². The number of carbonyl (C=O) groups excluding carboxylic acids is 1. The molecule has 5 heteroatoms. The molecule has 2 heterocycles. The summed E-state index contributed by atoms with van der Waals surface area (Å²) in [6.07, 6.45) is 3.97. The molecule has 1 aliphatic heterocycles. The lowest BCUT2D eigenvalue weighted by atomic mass is 9.93. The first-order valence-corrected chi connectivity index (χ1v) is 7.64. The van der Waals surface area contributed by atoms with Crippen molar-refractivity contribution in [3.8, 4) is 6.07 Å². The highest BCUT2D eigenvalue weighted by atomic mass is 16.1. The van der Waals surface area contributed by atoms with Crippen LogP contribution in [0, 0.1) is 24.2 Å². The number of carbonyl (C=O) groups is 1. The van der Waals surface area contributed by atoms with Crippen molar-refractivity contribution in [1.82, 2.24) is 15.2 Å². The first-order chi connectivity index (χ1) is 10.1. The van der Waals surface area contributed by atoms with E-state index in [4.69, 9.17) is 5.26 Å². The quantitative estimate of drug-likeness (QED) is 0.869. The molecule has 0 saturated carbocycles. The maximum Gasteiger partial charge on any atom is 0.219 e. The molecule has 0 aliphatic carbocycles. The smallest absolute Gasteiger partial charge is 0.219 e. The van der Waals surface area contributed by atoms with Crippen LogP contribution in [0.15, 0.2) is 6.07 Å². The molecular weight excluding hydrogens is 264 g/mol. The van der Waals surface area contributed by atoms with Gasteiger partial charge >= 0.3 is 0 Å². The molecule has 21 heavy (non-hydrogen) atoms. The normalized spacial score (nSPS) is 19.2. The molecule has 1 atom stereocenters. The molecule has 0 bridgehead atoms. The van der Waals surface area contributed by atoms with Crippen LogP contribution in [0.1, 0.15) is 42.6 Å². The molecule has 2 N–H and O–H groups in total. The van der Waals surface area contributed by atoms with Crippen molar-refractivity contribution in [1.29, 1.82) is 5.26 Å². The molecule has 0 spiro atoms. The molecule has 1 amide bonds. The van der Waals surface area contributed by atoms with Crippen LogP contribution in [0.4, 0.5) is 0 Å². The van der Waals surface area contributed by atoms with Crippen molar-refractivity contribution < 1.29 is 4.79 Å². The SMILES string of the molecule is CNC(=O)CCC1CCCN(Cc2cc(C#N)c(C)[nH]2)C1. The molecule has 114 valence electrons. The predicted molar refractivity (Wildman–Crippen MR) is 81.5 cm³/mol. The summed E-state index contributed by atoms with van der Waals surface area (Å²) in [6.45, 7) is 4.93. The third-order valence-corrected chi connectivity index (χ3v) is 4.25. The van der Waals surface area contributed by atoms with Gasteiger partial charge in [0, 0.05) is 37.9 Å². The molecule has 1 fully saturated rings. The molecule has 0 aromatic carbocycles. The second-order valence-corrected chi connectivity index (χ2v) is 5.90. The molecule has 1 unspecified atom stereocenters. The standard InChI is InChI=1S/C16H24N4O/c1-12-14(9-17)8-15(19-12)11-20-7-3-4-13(10-20)5-6-16(21)18-2/h8,13,19H,3-7,10-11H2,1-2H3,(H,18,21). The third kappa shape index (κ3) is 4.33. The summed E-state index contributed by atoms with van der Waals surface area (Å²) in [7, 11) is 1.69. The molecule has 1 saturated heterocycles. The van der Waals surface area contributed by atoms with Crippen molar-refractivity contribution in [2.75, 3.05) is 20.1 Å². The number of nitrogens with zero attached hydrogens (tertiary/aromatic N) is 2. The maximum absolute atomic E-state index is 11.3. The lowest BCUT2D eigenvalue weighted by Crippen LogP contribution is -2.35. The Balaban J connectivity index is 1.86. The minimum absolute atomic E-state index is 0.130. The monoisotopic (exact) mass is 288 g/mol. The van der Waals surface area contributed by atoms with Gasteiger partial charge in [0.25, 0.3) is 0 Å². The largest absolute Gasteiger partial charge is 0.360 e. The van der Waals surface area contributed by atoms with Crippen LogP contribution in [0.25, 0.3) is 0 Å². The fourth-order valence-electron chi connectivity index (χ4n) is 3.06. The van der Waals surface area contributed by atoms with Gasteiger partial charge in [0.2, 0.25) is 5.91 Å². The van der Waals surface area contributed by atoms with E-state index in [1.54, 1.807) is 7.05 Å². The Morgan fingerprint density at radius 3 is 3.10 bits per heavy atom. The van der Waals surface area contributed by atoms with Crippen LogP contribution in [0.2, 0.25) is 0 Å². The van der Waals surface area contributed by atoms with E-state index in [0.29, 0.717) is 12.3 Å². The summed E-state index contributed by atoms with van der Waals surface area (Å²) in [6, 6.07) is 4.15. The van der Waals surface area contributed by atoms with E-state index in [1.165, 1.54) is 12.8 Å². The average Bonchev–Trinajstić information content (AvgIpc) is 2.84. The zero-order chi connectivity index (χ0) is 15.2. The lowest BCUT2D eigenvalue weighted by molar-refractivity contribution is -0.121. The van der Waals surface area contributed by atoms with E-state index < -0.39 is 0 Å². The van der Waals surface area contributed by atoms with Crippen LogP contribution in [-0.2, 0) is 11.3 Å². The van der Waals surface area contributed by atoms with Gasteiger partial charge in [-0.15, -0.1) is 0 Å².